The zero-order chi connectivity index (χ0) is 69.4. The molecule has 516 valence electrons. The van der Waals surface area contributed by atoms with Gasteiger partial charge in [-0.3, -0.25) is 14.4 Å². The van der Waals surface area contributed by atoms with Crippen molar-refractivity contribution in [1.82, 2.24) is 80.5 Å². The summed E-state index contributed by atoms with van der Waals surface area (Å²) < 4.78 is 60.7. The van der Waals surface area contributed by atoms with Crippen LogP contribution in [0.1, 0.15) is 157 Å². The quantitative estimate of drug-likeness (QED) is 0.0804. The van der Waals surface area contributed by atoms with Gasteiger partial charge in [-0.15, -0.1) is 0 Å². The van der Waals surface area contributed by atoms with Crippen molar-refractivity contribution >= 4 is 64.1 Å². The summed E-state index contributed by atoms with van der Waals surface area (Å²) in [5.74, 6) is 2.92. The van der Waals surface area contributed by atoms with Crippen molar-refractivity contribution in [1.29, 1.82) is 0 Å². The molecule has 12 heterocycles. The molecule has 8 atom stereocenters. The Morgan fingerprint density at radius 2 is 0.657 bits per heavy atom. The van der Waals surface area contributed by atoms with E-state index in [-0.39, 0.29) is 71.1 Å². The number of hydrogen-bond acceptors (Lipinski definition) is 16. The number of aromatic amines is 4. The predicted molar refractivity (Wildman–Crippen MR) is 362 cm³/mol. The minimum absolute atomic E-state index is 0.0199. The molecule has 30 heteroatoms. The first-order valence-electron chi connectivity index (χ1n) is 32.4. The summed E-state index contributed by atoms with van der Waals surface area (Å²) >= 11 is 23.6. The number of hydrogen-bond donors (Lipinski definition) is 5. The summed E-state index contributed by atoms with van der Waals surface area (Å²) in [7, 11) is 0. The van der Waals surface area contributed by atoms with E-state index in [4.69, 9.17) is 64.5 Å². The fraction of sp³-hybridized carbons (Fsp3) is 0.348. The van der Waals surface area contributed by atoms with Gasteiger partial charge in [0.05, 0.1) is 20.1 Å². The van der Waals surface area contributed by atoms with Gasteiger partial charge in [0.15, 0.2) is 23.3 Å². The van der Waals surface area contributed by atoms with Crippen molar-refractivity contribution in [2.24, 2.45) is 0 Å². The highest BCUT2D eigenvalue weighted by Gasteiger charge is 2.37. The number of likely N-dealkylation sites (tertiary alicyclic amines) is 3. The lowest BCUT2D eigenvalue weighted by molar-refractivity contribution is 0.0597. The molecule has 4 saturated heterocycles. The third kappa shape index (κ3) is 17.0. The SMILES string of the molecule is C[C@@H]1CC[C@H](c2noc(-c3cc(Cl)c[nH]3)n2)CN1.C[C@@H]1CC[C@H](c2noc(-c3cc(Cl)c[nH]3)n2)CN1C(=O)c1ccc(F)cc1.C[C@@H]1CC[C@H](c2noc(-c3cc(Cl)c[nH]3)n2)CN1C(=O)c1ccc(F)cc1.C[C@H]1CC[C@@H](c2noc(-c3cc(Cl)c[nH]3)n2)CN1C(=O)c1ccc(F)cc1. The van der Waals surface area contributed by atoms with Crippen molar-refractivity contribution in [2.75, 3.05) is 26.2 Å². The average Bonchev–Trinajstić information content (AvgIpc) is 1.37. The molecule has 0 radical (unpaired) electrons. The lowest BCUT2D eigenvalue weighted by Gasteiger charge is -2.37. The standard InChI is InChI=1S/3C19H18ClFN4O2.C12H15ClN4O/c3*1-11-2-3-13(10-25(11)19(26)12-4-6-15(21)7-5-12)17-23-18(27-24-17)16-8-14(20)9-22-16;1-7-2-3-8(5-14-7)11-16-12(18-17-11)10-4-9(13)6-15-10/h3*4-9,11,13,22H,2-3,10H2,1H3;4,6-8,14-15H,2-3,5H2,1H3/t3*11-,13+;7-,8+/m1101/s1. The summed E-state index contributed by atoms with van der Waals surface area (Å²) in [6.07, 6.45) is 13.9. The van der Waals surface area contributed by atoms with Crippen LogP contribution in [0.15, 0.2) is 140 Å². The Kier molecular flexibility index (Phi) is 22.0. The second-order valence-electron chi connectivity index (χ2n) is 25.1. The van der Waals surface area contributed by atoms with E-state index in [2.05, 4.69) is 72.7 Å². The molecule has 0 spiro atoms. The molecule has 8 aromatic heterocycles. The summed E-state index contributed by atoms with van der Waals surface area (Å²) in [5, 5.41) is 22.1. The van der Waals surface area contributed by atoms with Gasteiger partial charge < -0.3 is 58.0 Å². The lowest BCUT2D eigenvalue weighted by atomic mass is 9.92. The molecule has 11 aromatic rings. The third-order valence-electron chi connectivity index (χ3n) is 18.1. The predicted octanol–water partition coefficient (Wildman–Crippen LogP) is 15.4. The van der Waals surface area contributed by atoms with Gasteiger partial charge in [0.2, 0.25) is 0 Å². The first-order valence-corrected chi connectivity index (χ1v) is 33.9. The second kappa shape index (κ2) is 31.2. The van der Waals surface area contributed by atoms with Crippen LogP contribution in [0.5, 0.6) is 0 Å². The Labute approximate surface area is 585 Å². The maximum absolute atomic E-state index is 13.1. The van der Waals surface area contributed by atoms with Gasteiger partial charge >= 0.3 is 0 Å². The first-order chi connectivity index (χ1) is 47.7. The molecule has 4 aliphatic rings. The number of halogens is 7. The second-order valence-corrected chi connectivity index (χ2v) is 26.8. The van der Waals surface area contributed by atoms with Crippen molar-refractivity contribution < 1.29 is 45.6 Å². The summed E-state index contributed by atoms with van der Waals surface area (Å²) in [6, 6.07) is 24.6. The van der Waals surface area contributed by atoms with E-state index in [0.29, 0.717) is 126 Å². The van der Waals surface area contributed by atoms with Gasteiger partial charge in [-0.05, 0) is 176 Å². The highest BCUT2D eigenvalue weighted by atomic mass is 35.5. The molecule has 23 nitrogen and oxygen atoms in total. The number of nitrogens with one attached hydrogen (secondary N) is 5. The molecule has 3 aromatic carbocycles. The molecule has 5 N–H and O–H groups in total. The van der Waals surface area contributed by atoms with Crippen LogP contribution in [0.4, 0.5) is 13.2 Å². The van der Waals surface area contributed by atoms with Crippen molar-refractivity contribution in [3.05, 3.63) is 199 Å². The summed E-state index contributed by atoms with van der Waals surface area (Å²) in [6.45, 7) is 10.6. The molecule has 4 fully saturated rings. The molecule has 15 rings (SSSR count). The summed E-state index contributed by atoms with van der Waals surface area (Å²) in [5.41, 5.74) is 4.14. The number of rotatable bonds is 11. The number of carbonyl (C=O) groups excluding carboxylic acids is 3. The zero-order valence-electron chi connectivity index (χ0n) is 54.1. The minimum Gasteiger partial charge on any atom is -0.356 e. The Bertz CT molecular complexity index is 4130. The number of benzene rings is 3. The molecule has 99 heavy (non-hydrogen) atoms. The van der Waals surface area contributed by atoms with Gasteiger partial charge in [-0.1, -0.05) is 67.0 Å². The Hall–Kier alpha value is -9.34. The lowest BCUT2D eigenvalue weighted by Crippen LogP contribution is -2.45. The van der Waals surface area contributed by atoms with Gasteiger partial charge in [0.25, 0.3) is 41.3 Å². The molecule has 0 bridgehead atoms. The van der Waals surface area contributed by atoms with E-state index in [1.807, 2.05) is 20.8 Å². The maximum atomic E-state index is 13.1. The van der Waals surface area contributed by atoms with Crippen LogP contribution in [0.3, 0.4) is 0 Å². The van der Waals surface area contributed by atoms with E-state index in [1.54, 1.807) is 63.8 Å². The number of H-pyrrole nitrogens is 4. The molecule has 4 aliphatic heterocycles. The van der Waals surface area contributed by atoms with Gasteiger partial charge in [0, 0.05) is 115 Å². The Balaban J connectivity index is 0.000000127. The topological polar surface area (TPSA) is 292 Å². The van der Waals surface area contributed by atoms with Crippen LogP contribution in [0.25, 0.3) is 46.3 Å². The third-order valence-corrected chi connectivity index (χ3v) is 19.0. The largest absolute Gasteiger partial charge is 0.356 e. The normalized spacial score (nSPS) is 20.8. The van der Waals surface area contributed by atoms with E-state index >= 15 is 0 Å². The van der Waals surface area contributed by atoms with E-state index in [0.717, 1.165) is 69.4 Å². The fourth-order valence-corrected chi connectivity index (χ4v) is 13.0. The zero-order valence-corrected chi connectivity index (χ0v) is 57.1. The van der Waals surface area contributed by atoms with Crippen molar-refractivity contribution in [2.45, 2.75) is 127 Å². The fourth-order valence-electron chi connectivity index (χ4n) is 12.3. The Morgan fingerprint density at radius 1 is 0.394 bits per heavy atom. The molecule has 0 unspecified atom stereocenters. The maximum Gasteiger partial charge on any atom is 0.274 e. The van der Waals surface area contributed by atoms with Gasteiger partial charge in [-0.25, -0.2) is 13.2 Å². The van der Waals surface area contributed by atoms with E-state index in [9.17, 15) is 27.6 Å². The molecular weight excluding hydrogens is 1360 g/mol. The highest BCUT2D eigenvalue weighted by molar-refractivity contribution is 6.31. The monoisotopic (exact) mass is 1430 g/mol. The smallest absolute Gasteiger partial charge is 0.274 e. The number of nitrogens with zero attached hydrogens (tertiary/aromatic N) is 11. The van der Waals surface area contributed by atoms with Crippen molar-refractivity contribution in [3.8, 4) is 46.3 Å². The minimum atomic E-state index is -0.361. The molecular formula is C69H69Cl4F3N16O7. The highest BCUT2D eigenvalue weighted by Crippen LogP contribution is 2.36. The van der Waals surface area contributed by atoms with E-state index < -0.39 is 0 Å². The molecule has 0 saturated carbocycles. The van der Waals surface area contributed by atoms with Crippen molar-refractivity contribution in [3.63, 3.8) is 0 Å². The van der Waals surface area contributed by atoms with Crippen LogP contribution in [-0.2, 0) is 0 Å². The van der Waals surface area contributed by atoms with Crippen LogP contribution in [0.2, 0.25) is 20.1 Å². The van der Waals surface area contributed by atoms with Gasteiger partial charge in [0.1, 0.15) is 40.2 Å². The van der Waals surface area contributed by atoms with Crippen LogP contribution >= 0.6 is 46.4 Å². The first kappa shape index (κ1) is 69.6. The number of carbonyl (C=O) groups is 3. The Morgan fingerprint density at radius 3 is 0.899 bits per heavy atom. The molecule has 0 aliphatic carbocycles. The number of amides is 3. The summed E-state index contributed by atoms with van der Waals surface area (Å²) in [4.78, 5) is 73.7. The number of piperidine rings is 4. The van der Waals surface area contributed by atoms with E-state index in [1.165, 1.54) is 72.8 Å². The van der Waals surface area contributed by atoms with Gasteiger partial charge in [-0.2, -0.15) is 19.9 Å². The molecule has 3 amide bonds. The van der Waals surface area contributed by atoms with Crippen LogP contribution in [0, 0.1) is 17.5 Å². The van der Waals surface area contributed by atoms with Crippen LogP contribution < -0.4 is 5.32 Å². The number of aromatic nitrogens is 12. The average molecular weight is 1430 g/mol. The van der Waals surface area contributed by atoms with Crippen LogP contribution in [-0.4, -0.2) is 143 Å².